The summed E-state index contributed by atoms with van der Waals surface area (Å²) in [5, 5.41) is 0. The number of aliphatic imine (C=N–C) groups is 1. The molecule has 3 aromatic rings. The quantitative estimate of drug-likeness (QED) is 0.496. The summed E-state index contributed by atoms with van der Waals surface area (Å²) in [7, 11) is 0. The van der Waals surface area contributed by atoms with Gasteiger partial charge >= 0.3 is 0 Å². The maximum absolute atomic E-state index is 5.53. The van der Waals surface area contributed by atoms with Gasteiger partial charge in [0.15, 0.2) is 0 Å². The molecule has 5 heteroatoms. The van der Waals surface area contributed by atoms with E-state index < -0.39 is 0 Å². The van der Waals surface area contributed by atoms with Crippen molar-refractivity contribution >= 4 is 27.8 Å². The van der Waals surface area contributed by atoms with Gasteiger partial charge in [-0.15, -0.1) is 23.8 Å². The molecule has 2 aromatic carbocycles. The maximum atomic E-state index is 5.53. The van der Waals surface area contributed by atoms with Crippen molar-refractivity contribution in [1.82, 2.24) is 4.98 Å². The molecule has 2 heterocycles. The summed E-state index contributed by atoms with van der Waals surface area (Å²) in [6, 6.07) is 22.0. The van der Waals surface area contributed by atoms with E-state index in [1.54, 1.807) is 18.3 Å². The molecule has 1 aliphatic rings. The first kappa shape index (κ1) is 19.0. The van der Waals surface area contributed by atoms with Gasteiger partial charge in [-0.05, 0) is 28.1 Å². The molecule has 0 unspecified atom stereocenters. The van der Waals surface area contributed by atoms with E-state index in [9.17, 15) is 0 Å². The first-order valence-electron chi connectivity index (χ1n) is 7.09. The molecule has 1 aromatic heterocycles. The second kappa shape index (κ2) is 9.82. The zero-order valence-corrected chi connectivity index (χ0v) is 17.2. The Morgan fingerprint density at radius 2 is 1.79 bits per heavy atom. The Bertz CT molecular complexity index is 809. The van der Waals surface area contributed by atoms with E-state index in [4.69, 9.17) is 4.74 Å². The summed E-state index contributed by atoms with van der Waals surface area (Å²) in [6.45, 7) is 0. The fourth-order valence-corrected chi connectivity index (χ4v) is 2.31. The molecule has 24 heavy (non-hydrogen) atoms. The second-order valence-corrected chi connectivity index (χ2v) is 5.56. The van der Waals surface area contributed by atoms with Crippen LogP contribution in [0.4, 0.5) is 5.69 Å². The minimum absolute atomic E-state index is 0. The molecule has 3 nitrogen and oxygen atoms in total. The SMILES string of the molecule is Brc1cccnc1Oc1cc[c-]cc1.[C-]1=Nc2ccccc2C1.[Y]. The number of fused-ring (bicyclic) bond motifs is 1. The molecule has 117 valence electrons. The molecule has 1 aliphatic heterocycles. The van der Waals surface area contributed by atoms with E-state index in [1.165, 1.54) is 5.56 Å². The first-order valence-corrected chi connectivity index (χ1v) is 7.88. The van der Waals surface area contributed by atoms with E-state index in [0.29, 0.717) is 5.88 Å². The van der Waals surface area contributed by atoms with Gasteiger partial charge in [0.05, 0.1) is 4.47 Å². The number of nitrogens with zero attached hydrogens (tertiary/aromatic N) is 2. The van der Waals surface area contributed by atoms with Gasteiger partial charge < -0.3 is 9.73 Å². The smallest absolute Gasteiger partial charge is 0.231 e. The van der Waals surface area contributed by atoms with E-state index in [-0.39, 0.29) is 32.7 Å². The van der Waals surface area contributed by atoms with Crippen molar-refractivity contribution in [2.75, 3.05) is 0 Å². The molecule has 0 spiro atoms. The number of hydrogen-bond donors (Lipinski definition) is 0. The number of aromatic nitrogens is 1. The number of halogens is 1. The van der Waals surface area contributed by atoms with Crippen LogP contribution in [-0.2, 0) is 39.1 Å². The Kier molecular flexibility index (Phi) is 7.77. The van der Waals surface area contributed by atoms with E-state index in [1.807, 2.05) is 42.5 Å². The summed E-state index contributed by atoms with van der Waals surface area (Å²) >= 11 is 3.36. The van der Waals surface area contributed by atoms with Crippen LogP contribution in [-0.4, -0.2) is 11.2 Å². The van der Waals surface area contributed by atoms with Crippen LogP contribution >= 0.6 is 15.9 Å². The molecule has 0 amide bonds. The Balaban J connectivity index is 0.000000181. The molecule has 1 radical (unpaired) electrons. The molecular formula is C19H13BrN2OY-2. The topological polar surface area (TPSA) is 34.5 Å². The van der Waals surface area contributed by atoms with Gasteiger partial charge in [-0.25, -0.2) is 4.98 Å². The summed E-state index contributed by atoms with van der Waals surface area (Å²) < 4.78 is 6.37. The van der Waals surface area contributed by atoms with Gasteiger partial charge in [0.2, 0.25) is 5.88 Å². The number of benzene rings is 2. The van der Waals surface area contributed by atoms with Crippen molar-refractivity contribution in [1.29, 1.82) is 0 Å². The average molecular weight is 454 g/mol. The fraction of sp³-hybridized carbons (Fsp3) is 0.0526. The van der Waals surface area contributed by atoms with Gasteiger partial charge in [-0.1, -0.05) is 30.3 Å². The van der Waals surface area contributed by atoms with Gasteiger partial charge in [-0.3, -0.25) is 0 Å². The van der Waals surface area contributed by atoms with Crippen LogP contribution in [0.25, 0.3) is 0 Å². The van der Waals surface area contributed by atoms with Crippen molar-refractivity contribution in [2.45, 2.75) is 6.42 Å². The maximum Gasteiger partial charge on any atom is 0.231 e. The Morgan fingerprint density at radius 3 is 2.54 bits per heavy atom. The monoisotopic (exact) mass is 453 g/mol. The molecule has 0 bridgehead atoms. The minimum Gasteiger partial charge on any atom is -0.464 e. The number of para-hydroxylation sites is 1. The number of hydrogen-bond acceptors (Lipinski definition) is 3. The molecule has 0 N–H and O–H groups in total. The van der Waals surface area contributed by atoms with Crippen LogP contribution in [0.3, 0.4) is 0 Å². The van der Waals surface area contributed by atoms with Gasteiger partial charge in [0.25, 0.3) is 0 Å². The predicted molar refractivity (Wildman–Crippen MR) is 94.5 cm³/mol. The standard InChI is InChI=1S/C11H7BrNO.C8H6N.Y/c12-10-7-4-8-13-11(10)14-9-5-2-1-3-6-9;1-2-4-8-7(3-1)5-6-9-8;/h2-8H;1-4H,5H2;/q2*-1;. The van der Waals surface area contributed by atoms with Crippen LogP contribution in [0.1, 0.15) is 5.56 Å². The minimum atomic E-state index is 0. The van der Waals surface area contributed by atoms with Crippen LogP contribution in [0.2, 0.25) is 0 Å². The molecule has 0 fully saturated rings. The normalized spacial score (nSPS) is 10.9. The number of rotatable bonds is 2. The largest absolute Gasteiger partial charge is 0.464 e. The molecule has 0 saturated carbocycles. The van der Waals surface area contributed by atoms with E-state index in [0.717, 1.165) is 22.3 Å². The van der Waals surface area contributed by atoms with E-state index in [2.05, 4.69) is 44.3 Å². The Hall–Kier alpha value is -1.36. The third-order valence-corrected chi connectivity index (χ3v) is 3.69. The third kappa shape index (κ3) is 5.33. The predicted octanol–water partition coefficient (Wildman–Crippen LogP) is 5.26. The zero-order chi connectivity index (χ0) is 15.9. The van der Waals surface area contributed by atoms with Gasteiger partial charge in [0, 0.05) is 44.7 Å². The summed E-state index contributed by atoms with van der Waals surface area (Å²) in [6.07, 6.45) is 5.49. The Morgan fingerprint density at radius 1 is 1.00 bits per heavy atom. The molecule has 0 aliphatic carbocycles. The molecular weight excluding hydrogens is 441 g/mol. The molecule has 0 saturated heterocycles. The summed E-state index contributed by atoms with van der Waals surface area (Å²) in [5.74, 6) is 1.32. The fourth-order valence-electron chi connectivity index (χ4n) is 1.98. The van der Waals surface area contributed by atoms with Crippen LogP contribution < -0.4 is 4.74 Å². The van der Waals surface area contributed by atoms with Crippen LogP contribution in [0.5, 0.6) is 11.6 Å². The van der Waals surface area contributed by atoms with Crippen LogP contribution in [0.15, 0.2) is 76.3 Å². The van der Waals surface area contributed by atoms with Crippen molar-refractivity contribution in [3.8, 4) is 11.6 Å². The average Bonchev–Trinajstić information content (AvgIpc) is 3.07. The van der Waals surface area contributed by atoms with E-state index >= 15 is 0 Å². The van der Waals surface area contributed by atoms with Crippen molar-refractivity contribution in [3.63, 3.8) is 0 Å². The molecule has 4 rings (SSSR count). The Labute approximate surface area is 175 Å². The van der Waals surface area contributed by atoms with Crippen molar-refractivity contribution in [3.05, 3.63) is 83.0 Å². The number of pyridine rings is 1. The number of ether oxygens (including phenoxy) is 1. The second-order valence-electron chi connectivity index (χ2n) is 4.70. The summed E-state index contributed by atoms with van der Waals surface area (Å²) in [5.41, 5.74) is 2.37. The van der Waals surface area contributed by atoms with Crippen molar-refractivity contribution in [2.24, 2.45) is 4.99 Å². The molecule has 0 atom stereocenters. The van der Waals surface area contributed by atoms with Crippen LogP contribution in [0, 0.1) is 6.07 Å². The zero-order valence-electron chi connectivity index (χ0n) is 12.8. The first-order chi connectivity index (χ1) is 11.3. The van der Waals surface area contributed by atoms with Gasteiger partial charge in [-0.2, -0.15) is 24.4 Å². The van der Waals surface area contributed by atoms with Crippen molar-refractivity contribution < 1.29 is 37.4 Å². The summed E-state index contributed by atoms with van der Waals surface area (Å²) in [4.78, 5) is 8.14. The van der Waals surface area contributed by atoms with Gasteiger partial charge in [0.1, 0.15) is 0 Å². The third-order valence-electron chi connectivity index (χ3n) is 3.09.